The summed E-state index contributed by atoms with van der Waals surface area (Å²) in [5.41, 5.74) is 18.1. The van der Waals surface area contributed by atoms with Gasteiger partial charge in [-0.25, -0.2) is 0 Å². The minimum Gasteiger partial charge on any atom is -0.494 e. The molecule has 3 aromatic rings. The van der Waals surface area contributed by atoms with E-state index in [0.717, 1.165) is 37.5 Å². The fraction of sp³-hybridized carbons (Fsp3) is 0.545. The number of hydrogen-bond donors (Lipinski definition) is 15. The zero-order chi connectivity index (χ0) is 76.4. The molecule has 2 aliphatic heterocycles. The molecule has 562 valence electrons. The number of amides is 12. The Morgan fingerprint density at radius 3 is 1.79 bits per heavy atom. The molecule has 3 heterocycles. The molecule has 12 unspecified atom stereocenters. The molecule has 0 radical (unpaired) electrons. The van der Waals surface area contributed by atoms with Gasteiger partial charge >= 0.3 is 17.9 Å². The van der Waals surface area contributed by atoms with Crippen LogP contribution in [0, 0.1) is 11.8 Å². The third kappa shape index (κ3) is 24.7. The van der Waals surface area contributed by atoms with Crippen LogP contribution in [0.5, 0.6) is 5.75 Å². The molecule has 0 spiro atoms. The normalized spacial score (nSPS) is 17.1. The van der Waals surface area contributed by atoms with Crippen LogP contribution in [0.25, 0.3) is 22.8 Å². The zero-order valence-corrected chi connectivity index (χ0v) is 57.9. The van der Waals surface area contributed by atoms with Crippen LogP contribution in [0.3, 0.4) is 0 Å². The number of nitrogens with one attached hydrogen (secondary N) is 9. The standard InChI is InChI=1S/C66H92N16O21/c1-7-8-9-12-26-102-41-22-20-37(21-23-41)55-79-63(103-80-55)39-18-16-38(17-19-39)56(91)73-42(28-46(69)84)58(93)78-54(36(6)71-59(94)45-15-13-25-82(45)64(98)51(33(2)3)76-62(97)53(35(5)68)75-47(85)30-67)65(99)81-24-11-10-14-44(81)60(95)77-52(34(4)66(100)101)61(96)74-43(29-50(89)90)57(92)70-31-48(86)72-40(32-83)27-49(87)88/h16-23,32-36,40,42-45,51-54H,7-15,24-31,67-68H2,1-6H3,(H2,69,84)(H,70,92)(H,71,94)(H,72,86)(H,73,91)(H,74,96)(H,75,85)(H,76,97)(H,77,95)(H,78,93)(H,87,88)(H,89,90)(H,100,101). The number of rotatable bonds is 40. The quantitative estimate of drug-likeness (QED) is 0.0200. The Morgan fingerprint density at radius 2 is 1.20 bits per heavy atom. The summed E-state index contributed by atoms with van der Waals surface area (Å²) in [6.45, 7) is 7.85. The molecule has 0 aliphatic carbocycles. The average molecular weight is 1450 g/mol. The van der Waals surface area contributed by atoms with Gasteiger partial charge in [-0.15, -0.1) is 0 Å². The predicted octanol–water partition coefficient (Wildman–Crippen LogP) is -2.93. The van der Waals surface area contributed by atoms with Crippen molar-refractivity contribution in [2.24, 2.45) is 29.0 Å². The molecule has 12 amide bonds. The number of carbonyl (C=O) groups is 16. The number of aliphatic carboxylic acids is 3. The van der Waals surface area contributed by atoms with E-state index >= 15 is 4.79 Å². The maximum Gasteiger partial charge on any atom is 0.308 e. The van der Waals surface area contributed by atoms with Crippen LogP contribution >= 0.6 is 0 Å². The molecule has 2 aliphatic rings. The van der Waals surface area contributed by atoms with Gasteiger partial charge in [0, 0.05) is 35.8 Å². The van der Waals surface area contributed by atoms with E-state index in [0.29, 0.717) is 23.5 Å². The van der Waals surface area contributed by atoms with Crippen LogP contribution < -0.4 is 69.8 Å². The van der Waals surface area contributed by atoms with Crippen LogP contribution in [-0.4, -0.2) is 230 Å². The Hall–Kier alpha value is -11.0. The highest BCUT2D eigenvalue weighted by Crippen LogP contribution is 2.27. The monoisotopic (exact) mass is 1440 g/mol. The Labute approximate surface area is 591 Å². The lowest BCUT2D eigenvalue weighted by molar-refractivity contribution is -0.149. The second-order valence-corrected chi connectivity index (χ2v) is 25.4. The maximum atomic E-state index is 15.4. The molecule has 37 heteroatoms. The number of carboxylic acids is 3. The van der Waals surface area contributed by atoms with Gasteiger partial charge in [-0.05, 0) is 114 Å². The SMILES string of the molecule is CCCCCCOc1ccc(-c2noc(-c3ccc(C(=O)NC(CC(N)=O)C(=O)NC(C(=O)N4CCCCC4C(=O)NC(C(=O)NC(CC(=O)O)C(=O)NCC(=O)NC(C=O)CC(=O)O)C(C)C(=O)O)C(C)NC(=O)C4CCCN4C(=O)C(NC(=O)C(NC(=O)CN)C(C)N)C(C)C)cc3)n2)cc1. The molecular weight excluding hydrogens is 1350 g/mol. The van der Waals surface area contributed by atoms with E-state index in [1.165, 1.54) is 43.0 Å². The molecule has 5 rings (SSSR count). The maximum absolute atomic E-state index is 15.4. The molecule has 0 bridgehead atoms. The molecule has 12 atom stereocenters. The van der Waals surface area contributed by atoms with Gasteiger partial charge in [0.05, 0.1) is 57.0 Å². The van der Waals surface area contributed by atoms with Crippen LogP contribution in [0.15, 0.2) is 53.1 Å². The van der Waals surface area contributed by atoms with Gasteiger partial charge in [-0.3, -0.25) is 71.9 Å². The van der Waals surface area contributed by atoms with E-state index in [1.807, 2.05) is 10.6 Å². The molecule has 103 heavy (non-hydrogen) atoms. The number of ether oxygens (including phenoxy) is 1. The highest BCUT2D eigenvalue weighted by Gasteiger charge is 2.45. The number of benzene rings is 2. The average Bonchev–Trinajstić information content (AvgIpc) is 1.60. The number of carboxylic acid groups (broad SMARTS) is 3. The lowest BCUT2D eigenvalue weighted by Gasteiger charge is -2.39. The van der Waals surface area contributed by atoms with E-state index in [1.54, 1.807) is 38.1 Å². The second-order valence-electron chi connectivity index (χ2n) is 25.4. The van der Waals surface area contributed by atoms with Gasteiger partial charge in [-0.1, -0.05) is 45.2 Å². The highest BCUT2D eigenvalue weighted by atomic mass is 16.5. The van der Waals surface area contributed by atoms with E-state index < -0.39 is 199 Å². The van der Waals surface area contributed by atoms with Crippen molar-refractivity contribution in [3.8, 4) is 28.6 Å². The number of nitrogens with zero attached hydrogens (tertiary/aromatic N) is 4. The van der Waals surface area contributed by atoms with E-state index in [2.05, 4.69) is 54.3 Å². The summed E-state index contributed by atoms with van der Waals surface area (Å²) in [5.74, 6) is -19.0. The van der Waals surface area contributed by atoms with Gasteiger partial charge in [0.15, 0.2) is 0 Å². The molecular formula is C66H92N16O21. The van der Waals surface area contributed by atoms with Crippen molar-refractivity contribution in [1.29, 1.82) is 0 Å². The Morgan fingerprint density at radius 1 is 0.621 bits per heavy atom. The van der Waals surface area contributed by atoms with Crippen molar-refractivity contribution in [2.75, 3.05) is 32.8 Å². The fourth-order valence-electron chi connectivity index (χ4n) is 11.2. The third-order valence-electron chi connectivity index (χ3n) is 16.9. The number of likely N-dealkylation sites (tertiary alicyclic amines) is 2. The third-order valence-corrected chi connectivity index (χ3v) is 16.9. The van der Waals surface area contributed by atoms with Crippen molar-refractivity contribution in [1.82, 2.24) is 67.8 Å². The number of hydrogen-bond acceptors (Lipinski definition) is 22. The van der Waals surface area contributed by atoms with Gasteiger partial charge in [-0.2, -0.15) is 4.98 Å². The van der Waals surface area contributed by atoms with Crippen molar-refractivity contribution < 1.29 is 101 Å². The number of unbranched alkanes of at least 4 members (excludes halogenated alkanes) is 3. The van der Waals surface area contributed by atoms with Crippen molar-refractivity contribution in [2.45, 2.75) is 185 Å². The summed E-state index contributed by atoms with van der Waals surface area (Å²) in [4.78, 5) is 220. The molecule has 1 aromatic heterocycles. The first-order chi connectivity index (χ1) is 48.8. The summed E-state index contributed by atoms with van der Waals surface area (Å²) in [5, 5.41) is 54.0. The molecule has 2 saturated heterocycles. The lowest BCUT2D eigenvalue weighted by atomic mass is 9.96. The van der Waals surface area contributed by atoms with Gasteiger partial charge < -0.3 is 104 Å². The molecule has 37 nitrogen and oxygen atoms in total. The first-order valence-electron chi connectivity index (χ1n) is 33.6. The Kier molecular flexibility index (Phi) is 32.0. The predicted molar refractivity (Wildman–Crippen MR) is 361 cm³/mol. The molecule has 2 fully saturated rings. The summed E-state index contributed by atoms with van der Waals surface area (Å²) in [6.07, 6.45) is 1.87. The lowest BCUT2D eigenvalue weighted by Crippen LogP contribution is -2.66. The van der Waals surface area contributed by atoms with Crippen LogP contribution in [0.4, 0.5) is 0 Å². The number of primary amides is 1. The minimum absolute atomic E-state index is 0.0123. The largest absolute Gasteiger partial charge is 0.494 e. The Bertz CT molecular complexity index is 3550. The van der Waals surface area contributed by atoms with E-state index in [4.69, 9.17) is 31.6 Å². The number of aldehydes is 1. The van der Waals surface area contributed by atoms with E-state index in [9.17, 15) is 82.1 Å². The topological polar surface area (TPSA) is 575 Å². The molecule has 18 N–H and O–H groups in total. The summed E-state index contributed by atoms with van der Waals surface area (Å²) >= 11 is 0. The number of carbonyl (C=O) groups excluding carboxylic acids is 13. The van der Waals surface area contributed by atoms with Crippen molar-refractivity contribution in [3.63, 3.8) is 0 Å². The number of piperidine rings is 1. The summed E-state index contributed by atoms with van der Waals surface area (Å²) in [7, 11) is 0. The summed E-state index contributed by atoms with van der Waals surface area (Å²) < 4.78 is 11.4. The molecule has 2 aromatic carbocycles. The van der Waals surface area contributed by atoms with Crippen molar-refractivity contribution >= 4 is 95.1 Å². The first-order valence-corrected chi connectivity index (χ1v) is 33.6. The number of aromatic nitrogens is 2. The fourth-order valence-corrected chi connectivity index (χ4v) is 11.2. The second kappa shape index (κ2) is 39.9. The Balaban J connectivity index is 1.44. The molecule has 0 saturated carbocycles. The smallest absolute Gasteiger partial charge is 0.308 e. The number of nitrogens with two attached hydrogens (primary N) is 3. The van der Waals surface area contributed by atoms with Crippen LogP contribution in [0.2, 0.25) is 0 Å². The minimum atomic E-state index is -2.15. The van der Waals surface area contributed by atoms with Crippen molar-refractivity contribution in [3.05, 3.63) is 54.1 Å². The summed E-state index contributed by atoms with van der Waals surface area (Å²) in [6, 6.07) is -4.90. The zero-order valence-electron chi connectivity index (χ0n) is 57.9. The van der Waals surface area contributed by atoms with Gasteiger partial charge in [0.1, 0.15) is 60.4 Å². The van der Waals surface area contributed by atoms with Gasteiger partial charge in [0.25, 0.3) is 11.8 Å². The first kappa shape index (κ1) is 82.7. The van der Waals surface area contributed by atoms with Crippen LogP contribution in [0.1, 0.15) is 129 Å². The van der Waals surface area contributed by atoms with Crippen LogP contribution in [-0.2, 0) is 71.9 Å². The van der Waals surface area contributed by atoms with E-state index in [-0.39, 0.29) is 68.8 Å². The highest BCUT2D eigenvalue weighted by molar-refractivity contribution is 6.02. The van der Waals surface area contributed by atoms with Gasteiger partial charge in [0.2, 0.25) is 70.8 Å².